The van der Waals surface area contributed by atoms with E-state index in [-0.39, 0.29) is 15.1 Å². The molecule has 13 heavy (non-hydrogen) atoms. The zero-order valence-electron chi connectivity index (χ0n) is 6.23. The molecular formula is C6H5AsClNO4. The summed E-state index contributed by atoms with van der Waals surface area (Å²) in [5, 5.41) is 10.3. The summed E-state index contributed by atoms with van der Waals surface area (Å²) in [4.78, 5) is 9.67. The summed E-state index contributed by atoms with van der Waals surface area (Å²) in [6.45, 7) is 0. The Bertz CT molecular complexity index is 381. The van der Waals surface area contributed by atoms with E-state index in [1.807, 2.05) is 0 Å². The molecule has 0 amide bonds. The summed E-state index contributed by atoms with van der Waals surface area (Å²) in [6.07, 6.45) is 0. The van der Waals surface area contributed by atoms with E-state index in [9.17, 15) is 13.9 Å². The number of nitro groups is 1. The summed E-state index contributed by atoms with van der Waals surface area (Å²) in [5.74, 6) is 0. The van der Waals surface area contributed by atoms with Gasteiger partial charge in [0.1, 0.15) is 0 Å². The van der Waals surface area contributed by atoms with E-state index in [2.05, 4.69) is 0 Å². The fraction of sp³-hybridized carbons (Fsp3) is 0. The molecule has 0 aliphatic carbocycles. The molecule has 1 unspecified atom stereocenters. The van der Waals surface area contributed by atoms with Gasteiger partial charge in [0.25, 0.3) is 0 Å². The molecule has 0 aliphatic heterocycles. The first-order chi connectivity index (χ1) is 6.02. The van der Waals surface area contributed by atoms with Crippen LogP contribution in [0.2, 0.25) is 5.02 Å². The summed E-state index contributed by atoms with van der Waals surface area (Å²) in [7, 11) is 0. The van der Waals surface area contributed by atoms with Crippen molar-refractivity contribution in [2.45, 2.75) is 0 Å². The van der Waals surface area contributed by atoms with E-state index in [4.69, 9.17) is 15.7 Å². The predicted molar refractivity (Wildman–Crippen MR) is 47.8 cm³/mol. The molecule has 1 rings (SSSR count). The Morgan fingerprint density at radius 1 is 1.54 bits per heavy atom. The van der Waals surface area contributed by atoms with E-state index in [1.54, 1.807) is 0 Å². The average Bonchev–Trinajstić information content (AvgIpc) is 2.04. The van der Waals surface area contributed by atoms with E-state index < -0.39 is 19.9 Å². The molecule has 1 N–H and O–H groups in total. The Hall–Kier alpha value is -0.772. The maximum atomic E-state index is 10.7. The molecule has 0 radical (unpaired) electrons. The van der Waals surface area contributed by atoms with Crippen molar-refractivity contribution in [2.24, 2.45) is 0 Å². The van der Waals surface area contributed by atoms with Gasteiger partial charge in [0, 0.05) is 0 Å². The summed E-state index contributed by atoms with van der Waals surface area (Å²) >= 11 is 2.01. The second kappa shape index (κ2) is 3.96. The molecule has 0 bridgehead atoms. The Labute approximate surface area is 82.9 Å². The van der Waals surface area contributed by atoms with Gasteiger partial charge in [-0.3, -0.25) is 0 Å². The Kier molecular flexibility index (Phi) is 3.14. The van der Waals surface area contributed by atoms with E-state index >= 15 is 0 Å². The monoisotopic (exact) mass is 265 g/mol. The van der Waals surface area contributed by atoms with Crippen LogP contribution in [0.15, 0.2) is 18.2 Å². The van der Waals surface area contributed by atoms with Crippen LogP contribution in [0.1, 0.15) is 0 Å². The molecule has 0 spiro atoms. The van der Waals surface area contributed by atoms with Crippen LogP contribution < -0.4 is 4.35 Å². The molecule has 0 heterocycles. The number of halogens is 1. The third-order valence-corrected chi connectivity index (χ3v) is 3.40. The molecule has 1 aromatic rings. The fourth-order valence-electron chi connectivity index (χ4n) is 0.786. The molecule has 0 saturated carbocycles. The number of benzene rings is 1. The number of hydrogen-bond acceptors (Lipinski definition) is 3. The molecule has 7 heteroatoms. The van der Waals surface area contributed by atoms with Gasteiger partial charge in [0.15, 0.2) is 0 Å². The van der Waals surface area contributed by atoms with E-state index in [0.717, 1.165) is 6.07 Å². The minimum atomic E-state index is -3.48. The van der Waals surface area contributed by atoms with Gasteiger partial charge in [0.2, 0.25) is 0 Å². The Morgan fingerprint density at radius 2 is 2.15 bits per heavy atom. The molecular weight excluding hydrogens is 260 g/mol. The predicted octanol–water partition coefficient (Wildman–Crippen LogP) is 0.0985. The average molecular weight is 265 g/mol. The van der Waals surface area contributed by atoms with Crippen molar-refractivity contribution in [3.63, 3.8) is 0 Å². The van der Waals surface area contributed by atoms with Crippen LogP contribution in [0.25, 0.3) is 0 Å². The van der Waals surface area contributed by atoms with Gasteiger partial charge in [0.05, 0.1) is 0 Å². The molecule has 5 nitrogen and oxygen atoms in total. The maximum absolute atomic E-state index is 10.7. The quantitative estimate of drug-likeness (QED) is 0.467. The summed E-state index contributed by atoms with van der Waals surface area (Å²) in [5.41, 5.74) is -0.339. The van der Waals surface area contributed by atoms with Gasteiger partial charge in [-0.2, -0.15) is 0 Å². The van der Waals surface area contributed by atoms with Crippen LogP contribution in [0.5, 0.6) is 0 Å². The number of nitrogens with zero attached hydrogens (tertiary/aromatic N) is 1. The minimum absolute atomic E-state index is 0.0341. The van der Waals surface area contributed by atoms with Crippen molar-refractivity contribution in [3.8, 4) is 0 Å². The topological polar surface area (TPSA) is 80.4 Å². The van der Waals surface area contributed by atoms with Gasteiger partial charge < -0.3 is 0 Å². The normalized spacial score (nSPS) is 12.5. The van der Waals surface area contributed by atoms with Gasteiger partial charge >= 0.3 is 82.7 Å². The fourth-order valence-corrected chi connectivity index (χ4v) is 1.99. The van der Waals surface area contributed by atoms with Gasteiger partial charge in [-0.15, -0.1) is 0 Å². The second-order valence-corrected chi connectivity index (χ2v) is 5.13. The number of rotatable bonds is 2. The first-order valence-electron chi connectivity index (χ1n) is 3.19. The van der Waals surface area contributed by atoms with Crippen LogP contribution >= 0.6 is 11.6 Å². The van der Waals surface area contributed by atoms with Crippen molar-refractivity contribution in [1.29, 1.82) is 0 Å². The van der Waals surface area contributed by atoms with E-state index in [1.165, 1.54) is 12.1 Å². The number of nitro benzene ring substituents is 1. The van der Waals surface area contributed by atoms with Gasteiger partial charge in [-0.05, 0) is 0 Å². The first kappa shape index (κ1) is 10.3. The molecule has 1 aromatic carbocycles. The zero-order valence-corrected chi connectivity index (χ0v) is 9.08. The number of hydrogen-bond donors (Lipinski definition) is 1. The van der Waals surface area contributed by atoms with Crippen molar-refractivity contribution in [1.82, 2.24) is 0 Å². The molecule has 0 aromatic heterocycles. The molecule has 1 atom stereocenters. The first-order valence-corrected chi connectivity index (χ1v) is 6.42. The molecule has 0 saturated heterocycles. The Morgan fingerprint density at radius 3 is 2.62 bits per heavy atom. The van der Waals surface area contributed by atoms with Crippen LogP contribution in [-0.2, 0) is 3.74 Å². The van der Waals surface area contributed by atoms with Crippen LogP contribution in [0.3, 0.4) is 0 Å². The van der Waals surface area contributed by atoms with Gasteiger partial charge in [-0.1, -0.05) is 0 Å². The van der Waals surface area contributed by atoms with E-state index in [0.29, 0.717) is 0 Å². The molecule has 0 aliphatic rings. The van der Waals surface area contributed by atoms with Crippen LogP contribution in [-0.4, -0.2) is 24.0 Å². The second-order valence-electron chi connectivity index (χ2n) is 2.23. The van der Waals surface area contributed by atoms with Crippen LogP contribution in [0.4, 0.5) is 5.69 Å². The zero-order chi connectivity index (χ0) is 10.0. The summed E-state index contributed by atoms with van der Waals surface area (Å²) < 4.78 is 19.5. The van der Waals surface area contributed by atoms with Crippen molar-refractivity contribution < 1.29 is 12.8 Å². The standard InChI is InChI=1S/C6H5AsClNO4/c8-5-2-1-4(7(10)11)3-6(5)9(12)13/h1-3,7H,(H,10,11). The van der Waals surface area contributed by atoms with Crippen molar-refractivity contribution >= 4 is 36.6 Å². The Balaban J connectivity index is 3.27. The van der Waals surface area contributed by atoms with Crippen LogP contribution in [0, 0.1) is 10.1 Å². The third-order valence-electron chi connectivity index (χ3n) is 1.39. The molecule has 0 fully saturated rings. The van der Waals surface area contributed by atoms with Gasteiger partial charge in [-0.25, -0.2) is 0 Å². The van der Waals surface area contributed by atoms with Crippen molar-refractivity contribution in [2.75, 3.05) is 0 Å². The summed E-state index contributed by atoms with van der Waals surface area (Å²) in [6, 6.07) is 3.60. The van der Waals surface area contributed by atoms with Crippen molar-refractivity contribution in [3.05, 3.63) is 33.3 Å². The SMILES string of the molecule is O=[N+]([O-])c1cc([AsH](=O)O)ccc1Cl. The molecule has 70 valence electrons. The third kappa shape index (κ3) is 2.34.